The summed E-state index contributed by atoms with van der Waals surface area (Å²) in [6.45, 7) is 5.01. The van der Waals surface area contributed by atoms with Crippen molar-refractivity contribution in [1.29, 1.82) is 0 Å². The van der Waals surface area contributed by atoms with Gasteiger partial charge in [0.25, 0.3) is 0 Å². The molecule has 7 nitrogen and oxygen atoms in total. The summed E-state index contributed by atoms with van der Waals surface area (Å²) in [5.41, 5.74) is 1.57. The first-order valence-electron chi connectivity index (χ1n) is 8.17. The number of hydrogen-bond acceptors (Lipinski definition) is 7. The van der Waals surface area contributed by atoms with Gasteiger partial charge in [0.05, 0.1) is 5.75 Å². The molecule has 0 bridgehead atoms. The average molecular weight is 390 g/mol. The van der Waals surface area contributed by atoms with Gasteiger partial charge in [0.1, 0.15) is 0 Å². The zero-order valence-electron chi connectivity index (χ0n) is 14.1. The highest BCUT2D eigenvalue weighted by Crippen LogP contribution is 2.26. The van der Waals surface area contributed by atoms with Crippen LogP contribution >= 0.6 is 23.1 Å². The van der Waals surface area contributed by atoms with Crippen LogP contribution in [-0.4, -0.2) is 40.9 Å². The van der Waals surface area contributed by atoms with E-state index in [2.05, 4.69) is 27.4 Å². The zero-order valence-corrected chi connectivity index (χ0v) is 15.7. The van der Waals surface area contributed by atoms with E-state index in [1.807, 2.05) is 24.3 Å². The van der Waals surface area contributed by atoms with Crippen molar-refractivity contribution >= 4 is 51.4 Å². The summed E-state index contributed by atoms with van der Waals surface area (Å²) in [6.07, 6.45) is 3.24. The highest BCUT2D eigenvalue weighted by atomic mass is 32.2. The van der Waals surface area contributed by atoms with E-state index in [4.69, 9.17) is 0 Å². The Kier molecular flexibility index (Phi) is 6.24. The molecule has 0 spiro atoms. The molecular weight excluding hydrogens is 370 g/mol. The first-order chi connectivity index (χ1) is 12.7. The van der Waals surface area contributed by atoms with Gasteiger partial charge in [0.15, 0.2) is 4.34 Å². The molecule has 0 aliphatic carbocycles. The molecule has 1 saturated heterocycles. The zero-order chi connectivity index (χ0) is 18.4. The minimum atomic E-state index is -0.115. The van der Waals surface area contributed by atoms with Crippen LogP contribution in [0.4, 0.5) is 16.5 Å². The molecule has 2 amide bonds. The number of aromatic nitrogens is 2. The van der Waals surface area contributed by atoms with Gasteiger partial charge in [-0.05, 0) is 30.7 Å². The lowest BCUT2D eigenvalue weighted by Crippen LogP contribution is -2.23. The highest BCUT2D eigenvalue weighted by molar-refractivity contribution is 8.01. The van der Waals surface area contributed by atoms with Crippen LogP contribution in [0.15, 0.2) is 41.3 Å². The Labute approximate surface area is 159 Å². The van der Waals surface area contributed by atoms with E-state index in [-0.39, 0.29) is 17.6 Å². The van der Waals surface area contributed by atoms with Crippen LogP contribution in [0.25, 0.3) is 0 Å². The summed E-state index contributed by atoms with van der Waals surface area (Å²) in [5.74, 6) is 0.288. The van der Waals surface area contributed by atoms with Crippen LogP contribution in [0.3, 0.4) is 0 Å². The lowest BCUT2D eigenvalue weighted by atomic mass is 10.2. The molecule has 9 heteroatoms. The number of nitrogens with one attached hydrogen (secondary N) is 2. The number of carbonyl (C=O) groups excluding carboxylic acids is 2. The van der Waals surface area contributed by atoms with Gasteiger partial charge in [-0.15, -0.1) is 16.8 Å². The maximum atomic E-state index is 12.1. The number of benzene rings is 1. The molecule has 1 aliphatic rings. The van der Waals surface area contributed by atoms with Gasteiger partial charge < -0.3 is 15.5 Å². The molecule has 1 aromatic carbocycles. The maximum absolute atomic E-state index is 12.1. The second-order valence-electron chi connectivity index (χ2n) is 5.58. The number of amides is 2. The molecular formula is C17H19N5O2S2. The van der Waals surface area contributed by atoms with Crippen LogP contribution in [0, 0.1) is 0 Å². The van der Waals surface area contributed by atoms with Crippen LogP contribution in [0.5, 0.6) is 0 Å². The van der Waals surface area contributed by atoms with Crippen molar-refractivity contribution in [3.05, 3.63) is 36.9 Å². The van der Waals surface area contributed by atoms with E-state index in [0.29, 0.717) is 23.8 Å². The third-order valence-corrected chi connectivity index (χ3v) is 5.68. The lowest BCUT2D eigenvalue weighted by Gasteiger charge is -2.16. The first kappa shape index (κ1) is 18.4. The van der Waals surface area contributed by atoms with Crippen LogP contribution in [0.2, 0.25) is 0 Å². The Hall–Kier alpha value is -2.39. The van der Waals surface area contributed by atoms with E-state index in [9.17, 15) is 9.59 Å². The van der Waals surface area contributed by atoms with Gasteiger partial charge in [-0.3, -0.25) is 9.59 Å². The van der Waals surface area contributed by atoms with Crippen LogP contribution < -0.4 is 15.5 Å². The van der Waals surface area contributed by atoms with Crippen LogP contribution in [0.1, 0.15) is 12.8 Å². The molecule has 0 radical (unpaired) electrons. The Balaban J connectivity index is 1.48. The summed E-state index contributed by atoms with van der Waals surface area (Å²) in [7, 11) is 0. The van der Waals surface area contributed by atoms with Gasteiger partial charge in [-0.2, -0.15) is 0 Å². The van der Waals surface area contributed by atoms with Gasteiger partial charge >= 0.3 is 0 Å². The molecule has 2 N–H and O–H groups in total. The second-order valence-corrected chi connectivity index (χ2v) is 7.78. The van der Waals surface area contributed by atoms with Gasteiger partial charge in [0, 0.05) is 30.9 Å². The minimum Gasteiger partial charge on any atom is -0.357 e. The molecule has 2 heterocycles. The summed E-state index contributed by atoms with van der Waals surface area (Å²) in [5, 5.41) is 14.6. The fourth-order valence-electron chi connectivity index (χ4n) is 2.47. The predicted molar refractivity (Wildman–Crippen MR) is 106 cm³/mol. The fourth-order valence-corrected chi connectivity index (χ4v) is 4.03. The summed E-state index contributed by atoms with van der Waals surface area (Å²) in [4.78, 5) is 25.6. The Morgan fingerprint density at radius 2 is 2.15 bits per heavy atom. The third-order valence-electron chi connectivity index (χ3n) is 3.67. The standard InChI is InChI=1S/C17H19N5O2S2/c1-2-9-18-16-20-21-17(26-16)25-11-14(23)19-12-5-7-13(8-6-12)22-10-3-4-15(22)24/h2,5-8H,1,3-4,9-11H2,(H,18,20)(H,19,23). The number of anilines is 3. The number of hydrogen-bond donors (Lipinski definition) is 2. The SMILES string of the molecule is C=CCNc1nnc(SCC(=O)Nc2ccc(N3CCCC3=O)cc2)s1. The normalized spacial score (nSPS) is 13.7. The van der Waals surface area contributed by atoms with Gasteiger partial charge in [0.2, 0.25) is 16.9 Å². The van der Waals surface area contributed by atoms with Crippen molar-refractivity contribution in [3.8, 4) is 0 Å². The molecule has 26 heavy (non-hydrogen) atoms. The van der Waals surface area contributed by atoms with Gasteiger partial charge in [-0.1, -0.05) is 29.2 Å². The molecule has 136 valence electrons. The molecule has 1 aliphatic heterocycles. The van der Waals surface area contributed by atoms with E-state index in [1.54, 1.807) is 11.0 Å². The Morgan fingerprint density at radius 3 is 2.85 bits per heavy atom. The topological polar surface area (TPSA) is 87.2 Å². The van der Waals surface area contributed by atoms with Crippen molar-refractivity contribution in [2.75, 3.05) is 34.4 Å². The number of nitrogens with zero attached hydrogens (tertiary/aromatic N) is 3. The van der Waals surface area contributed by atoms with Crippen molar-refractivity contribution in [2.24, 2.45) is 0 Å². The predicted octanol–water partition coefficient (Wildman–Crippen LogP) is 2.99. The van der Waals surface area contributed by atoms with Crippen molar-refractivity contribution in [2.45, 2.75) is 17.2 Å². The maximum Gasteiger partial charge on any atom is 0.234 e. The second kappa shape index (κ2) is 8.81. The number of carbonyl (C=O) groups is 2. The Bertz CT molecular complexity index is 791. The minimum absolute atomic E-state index is 0.115. The lowest BCUT2D eigenvalue weighted by molar-refractivity contribution is -0.117. The smallest absolute Gasteiger partial charge is 0.234 e. The van der Waals surface area contributed by atoms with Crippen molar-refractivity contribution in [3.63, 3.8) is 0 Å². The van der Waals surface area contributed by atoms with E-state index < -0.39 is 0 Å². The third kappa shape index (κ3) is 4.83. The van der Waals surface area contributed by atoms with Crippen LogP contribution in [-0.2, 0) is 9.59 Å². The first-order valence-corrected chi connectivity index (χ1v) is 9.97. The monoisotopic (exact) mass is 389 g/mol. The molecule has 0 saturated carbocycles. The average Bonchev–Trinajstić information content (AvgIpc) is 3.28. The largest absolute Gasteiger partial charge is 0.357 e. The number of thioether (sulfide) groups is 1. The van der Waals surface area contributed by atoms with Crippen molar-refractivity contribution < 1.29 is 9.59 Å². The molecule has 2 aromatic rings. The molecule has 0 atom stereocenters. The molecule has 1 aromatic heterocycles. The number of rotatable bonds is 8. The van der Waals surface area contributed by atoms with E-state index >= 15 is 0 Å². The molecule has 3 rings (SSSR count). The molecule has 1 fully saturated rings. The summed E-state index contributed by atoms with van der Waals surface area (Å²) >= 11 is 2.74. The highest BCUT2D eigenvalue weighted by Gasteiger charge is 2.21. The quantitative estimate of drug-likeness (QED) is 0.533. The summed E-state index contributed by atoms with van der Waals surface area (Å²) < 4.78 is 0.731. The van der Waals surface area contributed by atoms with E-state index in [1.165, 1.54) is 23.1 Å². The van der Waals surface area contributed by atoms with Crippen molar-refractivity contribution in [1.82, 2.24) is 10.2 Å². The Morgan fingerprint density at radius 1 is 1.35 bits per heavy atom. The van der Waals surface area contributed by atoms with E-state index in [0.717, 1.165) is 23.0 Å². The molecule has 0 unspecified atom stereocenters. The fraction of sp³-hybridized carbons (Fsp3) is 0.294. The summed E-state index contributed by atoms with van der Waals surface area (Å²) in [6, 6.07) is 7.33. The van der Waals surface area contributed by atoms with Gasteiger partial charge in [-0.25, -0.2) is 0 Å².